The fourth-order valence-corrected chi connectivity index (χ4v) is 3.14. The van der Waals surface area contributed by atoms with Crippen LogP contribution in [0, 0.1) is 5.82 Å². The average molecular weight is 350 g/mol. The summed E-state index contributed by atoms with van der Waals surface area (Å²) in [5, 5.41) is 2.46. The molecular formula is C18H11FN4OS. The predicted octanol–water partition coefficient (Wildman–Crippen LogP) is 4.30. The number of rotatable bonds is 2. The number of halogens is 1. The minimum absolute atomic E-state index is 0.220. The van der Waals surface area contributed by atoms with Gasteiger partial charge in [-0.3, -0.25) is 14.8 Å². The highest BCUT2D eigenvalue weighted by molar-refractivity contribution is 8.18. The summed E-state index contributed by atoms with van der Waals surface area (Å²) in [6.45, 7) is 0. The molecule has 1 saturated heterocycles. The molecule has 1 amide bonds. The number of thioether (sulfide) groups is 1. The fraction of sp³-hybridized carbons (Fsp3) is 0. The standard InChI is InChI=1S/C18H11FN4OS/c19-12-2-1-3-13(10-12)22-17-16(25-18(24)23-17)9-11-4-5-14-15(8-11)21-7-6-20-14/h1-10H,(H,22,23,24)/b16-9-. The second-order valence-electron chi connectivity index (χ2n) is 5.27. The molecule has 7 heteroatoms. The molecule has 2 heterocycles. The lowest BCUT2D eigenvalue weighted by molar-refractivity contribution is 0.265. The van der Waals surface area contributed by atoms with E-state index in [-0.39, 0.29) is 11.1 Å². The molecular weight excluding hydrogens is 339 g/mol. The molecule has 1 N–H and O–H groups in total. The van der Waals surface area contributed by atoms with E-state index in [1.54, 1.807) is 24.5 Å². The third-order valence-electron chi connectivity index (χ3n) is 3.50. The number of benzene rings is 2. The summed E-state index contributed by atoms with van der Waals surface area (Å²) in [6, 6.07) is 11.6. The van der Waals surface area contributed by atoms with E-state index >= 15 is 0 Å². The third-order valence-corrected chi connectivity index (χ3v) is 4.32. The van der Waals surface area contributed by atoms with Crippen LogP contribution in [0.1, 0.15) is 5.56 Å². The van der Waals surface area contributed by atoms with Crippen molar-refractivity contribution in [3.8, 4) is 0 Å². The quantitative estimate of drug-likeness (QED) is 0.748. The van der Waals surface area contributed by atoms with Gasteiger partial charge in [0.25, 0.3) is 5.24 Å². The van der Waals surface area contributed by atoms with Crippen LogP contribution in [0.3, 0.4) is 0 Å². The molecule has 3 aromatic rings. The summed E-state index contributed by atoms with van der Waals surface area (Å²) in [5.74, 6) is 0.0253. The third kappa shape index (κ3) is 3.41. The van der Waals surface area contributed by atoms with Crippen LogP contribution in [0.15, 0.2) is 64.8 Å². The number of nitrogens with zero attached hydrogens (tertiary/aromatic N) is 3. The lowest BCUT2D eigenvalue weighted by Gasteiger charge is -2.01. The van der Waals surface area contributed by atoms with E-state index in [1.807, 2.05) is 24.3 Å². The van der Waals surface area contributed by atoms with Crippen molar-refractivity contribution in [2.75, 3.05) is 0 Å². The van der Waals surface area contributed by atoms with Gasteiger partial charge in [-0.1, -0.05) is 12.1 Å². The maximum absolute atomic E-state index is 13.3. The molecule has 0 spiro atoms. The summed E-state index contributed by atoms with van der Waals surface area (Å²) < 4.78 is 13.3. The number of amidine groups is 1. The Hall–Kier alpha value is -3.06. The number of hydrogen-bond donors (Lipinski definition) is 1. The first-order valence-electron chi connectivity index (χ1n) is 7.43. The van der Waals surface area contributed by atoms with Crippen LogP contribution in [0.2, 0.25) is 0 Å². The molecule has 1 aliphatic heterocycles. The van der Waals surface area contributed by atoms with Crippen LogP contribution in [0.5, 0.6) is 0 Å². The van der Waals surface area contributed by atoms with Crippen molar-refractivity contribution in [2.45, 2.75) is 0 Å². The molecule has 122 valence electrons. The Labute approximate surface area is 146 Å². The molecule has 5 nitrogen and oxygen atoms in total. The maximum Gasteiger partial charge on any atom is 0.289 e. The molecule has 4 rings (SSSR count). The summed E-state index contributed by atoms with van der Waals surface area (Å²) in [7, 11) is 0. The van der Waals surface area contributed by atoms with E-state index in [1.165, 1.54) is 12.1 Å². The Morgan fingerprint density at radius 2 is 1.92 bits per heavy atom. The molecule has 25 heavy (non-hydrogen) atoms. The first-order valence-corrected chi connectivity index (χ1v) is 8.25. The van der Waals surface area contributed by atoms with E-state index in [9.17, 15) is 9.18 Å². The Bertz CT molecular complexity index is 1050. The van der Waals surface area contributed by atoms with Crippen LogP contribution < -0.4 is 5.32 Å². The average Bonchev–Trinajstić information content (AvgIpc) is 2.94. The van der Waals surface area contributed by atoms with Crippen molar-refractivity contribution < 1.29 is 9.18 Å². The van der Waals surface area contributed by atoms with Gasteiger partial charge in [-0.15, -0.1) is 0 Å². The predicted molar refractivity (Wildman–Crippen MR) is 97.1 cm³/mol. The monoisotopic (exact) mass is 350 g/mol. The normalized spacial score (nSPS) is 17.4. The van der Waals surface area contributed by atoms with Crippen LogP contribution in [-0.4, -0.2) is 21.0 Å². The van der Waals surface area contributed by atoms with Gasteiger partial charge in [0.2, 0.25) is 0 Å². The first kappa shape index (κ1) is 15.5. The lowest BCUT2D eigenvalue weighted by atomic mass is 10.1. The van der Waals surface area contributed by atoms with E-state index in [2.05, 4.69) is 20.3 Å². The van der Waals surface area contributed by atoms with E-state index in [4.69, 9.17) is 0 Å². The van der Waals surface area contributed by atoms with E-state index in [0.717, 1.165) is 28.4 Å². The Kier molecular flexibility index (Phi) is 3.99. The highest BCUT2D eigenvalue weighted by Gasteiger charge is 2.23. The first-order chi connectivity index (χ1) is 12.2. The minimum atomic E-state index is -0.377. The highest BCUT2D eigenvalue weighted by Crippen LogP contribution is 2.29. The van der Waals surface area contributed by atoms with Gasteiger partial charge in [-0.05, 0) is 53.7 Å². The number of aliphatic imine (C=N–C) groups is 1. The zero-order valence-electron chi connectivity index (χ0n) is 12.8. The SMILES string of the molecule is O=C1NC(=Nc2cccc(F)c2)/C(=C/c2ccc3nccnc3c2)S1. The van der Waals surface area contributed by atoms with Crippen molar-refractivity contribution in [3.05, 3.63) is 71.1 Å². The number of fused-ring (bicyclic) bond motifs is 1. The molecule has 0 saturated carbocycles. The number of carbonyl (C=O) groups excluding carboxylic acids is 1. The zero-order valence-corrected chi connectivity index (χ0v) is 13.6. The Morgan fingerprint density at radius 3 is 2.76 bits per heavy atom. The summed E-state index contributed by atoms with van der Waals surface area (Å²) in [4.78, 5) is 25.3. The van der Waals surface area contributed by atoms with Gasteiger partial charge in [0.15, 0.2) is 0 Å². The van der Waals surface area contributed by atoms with Crippen molar-refractivity contribution in [1.82, 2.24) is 15.3 Å². The molecule has 0 unspecified atom stereocenters. The van der Waals surface area contributed by atoms with Gasteiger partial charge in [0.1, 0.15) is 11.7 Å². The highest BCUT2D eigenvalue weighted by atomic mass is 32.2. The van der Waals surface area contributed by atoms with E-state index < -0.39 is 0 Å². The van der Waals surface area contributed by atoms with Crippen LogP contribution in [0.25, 0.3) is 17.1 Å². The van der Waals surface area contributed by atoms with Crippen LogP contribution in [0.4, 0.5) is 14.9 Å². The van der Waals surface area contributed by atoms with Gasteiger partial charge in [0, 0.05) is 12.4 Å². The van der Waals surface area contributed by atoms with Crippen molar-refractivity contribution in [1.29, 1.82) is 0 Å². The zero-order chi connectivity index (χ0) is 17.2. The molecule has 1 aromatic heterocycles. The molecule has 1 fully saturated rings. The summed E-state index contributed by atoms with van der Waals surface area (Å²) in [5.41, 5.74) is 2.88. The van der Waals surface area contributed by atoms with Crippen LogP contribution >= 0.6 is 11.8 Å². The molecule has 0 bridgehead atoms. The van der Waals surface area contributed by atoms with Gasteiger partial charge in [0.05, 0.1) is 21.6 Å². The molecule has 2 aromatic carbocycles. The number of amides is 1. The molecule has 1 aliphatic rings. The Morgan fingerprint density at radius 1 is 1.08 bits per heavy atom. The number of hydrogen-bond acceptors (Lipinski definition) is 5. The fourth-order valence-electron chi connectivity index (χ4n) is 2.41. The largest absolute Gasteiger partial charge is 0.300 e. The maximum atomic E-state index is 13.3. The van der Waals surface area contributed by atoms with Crippen molar-refractivity contribution in [3.63, 3.8) is 0 Å². The van der Waals surface area contributed by atoms with E-state index in [0.29, 0.717) is 16.4 Å². The number of nitrogens with one attached hydrogen (secondary N) is 1. The Balaban J connectivity index is 1.73. The molecule has 0 radical (unpaired) electrons. The van der Waals surface area contributed by atoms with Gasteiger partial charge >= 0.3 is 0 Å². The van der Waals surface area contributed by atoms with Crippen LogP contribution in [-0.2, 0) is 0 Å². The topological polar surface area (TPSA) is 67.2 Å². The molecule has 0 atom stereocenters. The minimum Gasteiger partial charge on any atom is -0.300 e. The number of carbonyl (C=O) groups is 1. The van der Waals surface area contributed by atoms with Crippen molar-refractivity contribution in [2.24, 2.45) is 4.99 Å². The van der Waals surface area contributed by atoms with Gasteiger partial charge < -0.3 is 5.32 Å². The lowest BCUT2D eigenvalue weighted by Crippen LogP contribution is -2.18. The summed E-state index contributed by atoms with van der Waals surface area (Å²) in [6.07, 6.45) is 5.11. The van der Waals surface area contributed by atoms with Gasteiger partial charge in [-0.25, -0.2) is 9.38 Å². The molecule has 0 aliphatic carbocycles. The summed E-state index contributed by atoms with van der Waals surface area (Å²) >= 11 is 1.05. The van der Waals surface area contributed by atoms with Gasteiger partial charge in [-0.2, -0.15) is 0 Å². The van der Waals surface area contributed by atoms with Crippen molar-refractivity contribution >= 4 is 45.6 Å². The number of aromatic nitrogens is 2. The smallest absolute Gasteiger partial charge is 0.289 e. The second-order valence-corrected chi connectivity index (χ2v) is 6.28. The second kappa shape index (κ2) is 6.45.